The van der Waals surface area contributed by atoms with Crippen LogP contribution in [0.25, 0.3) is 10.6 Å². The van der Waals surface area contributed by atoms with Crippen LogP contribution in [0.2, 0.25) is 0 Å². The van der Waals surface area contributed by atoms with Crippen molar-refractivity contribution in [3.05, 3.63) is 34.8 Å². The van der Waals surface area contributed by atoms with E-state index < -0.39 is 0 Å². The minimum atomic E-state index is 0.808. The van der Waals surface area contributed by atoms with Crippen LogP contribution in [0.4, 0.5) is 0 Å². The van der Waals surface area contributed by atoms with Crippen LogP contribution >= 0.6 is 11.3 Å². The van der Waals surface area contributed by atoms with Crippen molar-refractivity contribution in [1.29, 1.82) is 0 Å². The molecule has 3 rings (SSSR count). The first-order chi connectivity index (χ1) is 9.36. The van der Waals surface area contributed by atoms with E-state index in [2.05, 4.69) is 35.4 Å². The lowest BCUT2D eigenvalue weighted by Crippen LogP contribution is -2.12. The van der Waals surface area contributed by atoms with Gasteiger partial charge in [0.2, 0.25) is 0 Å². The van der Waals surface area contributed by atoms with Gasteiger partial charge in [0.25, 0.3) is 0 Å². The molecule has 19 heavy (non-hydrogen) atoms. The molecule has 0 spiro atoms. The first-order valence-corrected chi connectivity index (χ1v) is 7.60. The average molecular weight is 274 g/mol. The molecule has 0 aliphatic carbocycles. The van der Waals surface area contributed by atoms with E-state index in [1.165, 1.54) is 16.0 Å². The van der Waals surface area contributed by atoms with Gasteiger partial charge in [-0.3, -0.25) is 0 Å². The Hall–Kier alpha value is -1.39. The molecule has 2 heterocycles. The normalized spacial score (nSPS) is 13.3. The molecule has 0 saturated carbocycles. The Kier molecular flexibility index (Phi) is 3.80. The first kappa shape index (κ1) is 12.6. The highest BCUT2D eigenvalue weighted by Crippen LogP contribution is 2.32. The monoisotopic (exact) mass is 274 g/mol. The summed E-state index contributed by atoms with van der Waals surface area (Å²) in [5.74, 6) is 1.03. The predicted molar refractivity (Wildman–Crippen MR) is 78.7 cm³/mol. The molecule has 0 atom stereocenters. The highest BCUT2D eigenvalue weighted by Gasteiger charge is 2.13. The molecule has 0 saturated heterocycles. The highest BCUT2D eigenvalue weighted by molar-refractivity contribution is 7.15. The molecule has 0 radical (unpaired) electrons. The zero-order valence-electron chi connectivity index (χ0n) is 11.1. The molecule has 3 nitrogen and oxygen atoms in total. The quantitative estimate of drug-likeness (QED) is 0.850. The Balaban J connectivity index is 1.75. The van der Waals surface area contributed by atoms with E-state index in [1.54, 1.807) is 11.3 Å². The van der Waals surface area contributed by atoms with Crippen molar-refractivity contribution in [2.45, 2.75) is 26.3 Å². The molecule has 100 valence electrons. The third kappa shape index (κ3) is 2.80. The smallest absolute Gasteiger partial charge is 0.123 e. The Morgan fingerprint density at radius 1 is 1.42 bits per heavy atom. The van der Waals surface area contributed by atoms with Crippen molar-refractivity contribution in [2.24, 2.45) is 0 Å². The van der Waals surface area contributed by atoms with E-state index in [1.807, 2.05) is 6.20 Å². The number of nitrogens with zero attached hydrogens (tertiary/aromatic N) is 1. The van der Waals surface area contributed by atoms with Gasteiger partial charge in [0.15, 0.2) is 0 Å². The molecule has 0 amide bonds. The van der Waals surface area contributed by atoms with Gasteiger partial charge in [0, 0.05) is 29.6 Å². The van der Waals surface area contributed by atoms with Gasteiger partial charge in [-0.15, -0.1) is 11.3 Å². The maximum absolute atomic E-state index is 5.53. The van der Waals surface area contributed by atoms with E-state index in [0.29, 0.717) is 0 Å². The number of rotatable bonds is 5. The molecule has 1 aliphatic heterocycles. The summed E-state index contributed by atoms with van der Waals surface area (Å²) in [7, 11) is 0. The summed E-state index contributed by atoms with van der Waals surface area (Å²) in [6, 6.07) is 6.38. The third-order valence-corrected chi connectivity index (χ3v) is 4.26. The van der Waals surface area contributed by atoms with Gasteiger partial charge in [-0.25, -0.2) is 4.98 Å². The van der Waals surface area contributed by atoms with E-state index in [-0.39, 0.29) is 0 Å². The van der Waals surface area contributed by atoms with Gasteiger partial charge in [0.05, 0.1) is 6.61 Å². The Morgan fingerprint density at radius 3 is 3.26 bits per heavy atom. The summed E-state index contributed by atoms with van der Waals surface area (Å²) in [5.41, 5.74) is 2.51. The number of ether oxygens (including phenoxy) is 1. The molecular formula is C15H18N2OS. The highest BCUT2D eigenvalue weighted by atomic mass is 32.1. The number of hydrogen-bond donors (Lipinski definition) is 1. The number of fused-ring (bicyclic) bond motifs is 1. The molecule has 0 bridgehead atoms. The lowest BCUT2D eigenvalue weighted by atomic mass is 10.1. The number of hydrogen-bond acceptors (Lipinski definition) is 4. The van der Waals surface area contributed by atoms with Crippen LogP contribution < -0.4 is 10.1 Å². The summed E-state index contributed by atoms with van der Waals surface area (Å²) >= 11 is 1.77. The van der Waals surface area contributed by atoms with E-state index >= 15 is 0 Å². The van der Waals surface area contributed by atoms with Crippen LogP contribution in [-0.2, 0) is 13.0 Å². The zero-order chi connectivity index (χ0) is 13.1. The summed E-state index contributed by atoms with van der Waals surface area (Å²) in [4.78, 5) is 5.82. The van der Waals surface area contributed by atoms with Crippen molar-refractivity contribution >= 4 is 11.3 Å². The summed E-state index contributed by atoms with van der Waals surface area (Å²) < 4.78 is 5.53. The lowest BCUT2D eigenvalue weighted by Gasteiger charge is -2.01. The fourth-order valence-corrected chi connectivity index (χ4v) is 3.11. The van der Waals surface area contributed by atoms with Gasteiger partial charge >= 0.3 is 0 Å². The van der Waals surface area contributed by atoms with Crippen LogP contribution in [0, 0.1) is 0 Å². The maximum Gasteiger partial charge on any atom is 0.123 e. The number of benzene rings is 1. The first-order valence-electron chi connectivity index (χ1n) is 6.78. The van der Waals surface area contributed by atoms with Gasteiger partial charge in [-0.05, 0) is 36.7 Å². The molecule has 0 fully saturated rings. The molecular weight excluding hydrogens is 256 g/mol. The number of aromatic nitrogens is 1. The van der Waals surface area contributed by atoms with E-state index in [4.69, 9.17) is 4.74 Å². The molecule has 2 aromatic rings. The van der Waals surface area contributed by atoms with Gasteiger partial charge in [-0.2, -0.15) is 0 Å². The van der Waals surface area contributed by atoms with Crippen molar-refractivity contribution < 1.29 is 4.74 Å². The zero-order valence-corrected chi connectivity index (χ0v) is 11.9. The minimum Gasteiger partial charge on any atom is -0.493 e. The summed E-state index contributed by atoms with van der Waals surface area (Å²) in [5, 5.41) is 4.51. The van der Waals surface area contributed by atoms with Crippen LogP contribution in [0.5, 0.6) is 5.75 Å². The Labute approximate surface area is 117 Å². The molecule has 1 N–H and O–H groups in total. The minimum absolute atomic E-state index is 0.808. The fourth-order valence-electron chi connectivity index (χ4n) is 2.23. The SMILES string of the molecule is CCCNCc1cnc(-c2ccc3c(c2)CCO3)s1. The maximum atomic E-state index is 5.53. The van der Waals surface area contributed by atoms with Crippen LogP contribution in [0.1, 0.15) is 23.8 Å². The van der Waals surface area contributed by atoms with Crippen molar-refractivity contribution in [1.82, 2.24) is 10.3 Å². The lowest BCUT2D eigenvalue weighted by molar-refractivity contribution is 0.357. The van der Waals surface area contributed by atoms with Gasteiger partial charge in [-0.1, -0.05) is 6.92 Å². The third-order valence-electron chi connectivity index (χ3n) is 3.22. The van der Waals surface area contributed by atoms with Gasteiger partial charge < -0.3 is 10.1 Å². The fraction of sp³-hybridized carbons (Fsp3) is 0.400. The second kappa shape index (κ2) is 5.72. The standard InChI is InChI=1S/C15H18N2OS/c1-2-6-16-9-13-10-17-15(19-13)12-3-4-14-11(8-12)5-7-18-14/h3-4,8,10,16H,2,5-7,9H2,1H3. The van der Waals surface area contributed by atoms with Crippen LogP contribution in [0.3, 0.4) is 0 Å². The average Bonchev–Trinajstić information content (AvgIpc) is 3.06. The second-order valence-electron chi connectivity index (χ2n) is 4.73. The number of nitrogens with one attached hydrogen (secondary N) is 1. The van der Waals surface area contributed by atoms with Crippen molar-refractivity contribution in [3.63, 3.8) is 0 Å². The molecule has 0 unspecified atom stereocenters. The molecule has 1 aliphatic rings. The Morgan fingerprint density at radius 2 is 2.37 bits per heavy atom. The number of thiazole rings is 1. The van der Waals surface area contributed by atoms with Crippen molar-refractivity contribution in [3.8, 4) is 16.3 Å². The molecule has 1 aromatic heterocycles. The Bertz CT molecular complexity index is 565. The van der Waals surface area contributed by atoms with Crippen LogP contribution in [0.15, 0.2) is 24.4 Å². The van der Waals surface area contributed by atoms with E-state index in [0.717, 1.165) is 43.3 Å². The van der Waals surface area contributed by atoms with Crippen molar-refractivity contribution in [2.75, 3.05) is 13.2 Å². The summed E-state index contributed by atoms with van der Waals surface area (Å²) in [6.07, 6.45) is 4.16. The molecule has 1 aromatic carbocycles. The van der Waals surface area contributed by atoms with Gasteiger partial charge in [0.1, 0.15) is 10.8 Å². The largest absolute Gasteiger partial charge is 0.493 e. The predicted octanol–water partition coefficient (Wildman–Crippen LogP) is 3.24. The van der Waals surface area contributed by atoms with E-state index in [9.17, 15) is 0 Å². The topological polar surface area (TPSA) is 34.2 Å². The van der Waals surface area contributed by atoms with Crippen LogP contribution in [-0.4, -0.2) is 18.1 Å². The molecule has 4 heteroatoms. The summed E-state index contributed by atoms with van der Waals surface area (Å²) in [6.45, 7) is 4.96. The second-order valence-corrected chi connectivity index (χ2v) is 5.84.